The van der Waals surface area contributed by atoms with Gasteiger partial charge in [0, 0.05) is 16.8 Å². The first-order valence-corrected chi connectivity index (χ1v) is 4.85. The number of hydrogen-bond donors (Lipinski definition) is 0. The molecule has 0 amide bonds. The Hall–Kier alpha value is -0.630. The van der Waals surface area contributed by atoms with E-state index in [2.05, 4.69) is 15.9 Å². The normalized spacial score (nSPS) is 22.1. The summed E-state index contributed by atoms with van der Waals surface area (Å²) in [5, 5.41) is 0. The molecule has 2 rings (SSSR count). The van der Waals surface area contributed by atoms with Gasteiger partial charge in [0.05, 0.1) is 0 Å². The third-order valence-electron chi connectivity index (χ3n) is 2.34. The number of carbonyl (C=O) groups is 1. The van der Waals surface area contributed by atoms with Gasteiger partial charge in [-0.25, -0.2) is 0 Å². The first-order chi connectivity index (χ1) is 5.77. The Morgan fingerprint density at radius 1 is 1.25 bits per heavy atom. The smallest absolute Gasteiger partial charge is 0.140 e. The Morgan fingerprint density at radius 2 is 1.92 bits per heavy atom. The fraction of sp³-hybridized carbons (Fsp3) is 0.300. The van der Waals surface area contributed by atoms with Crippen LogP contribution >= 0.6 is 15.9 Å². The van der Waals surface area contributed by atoms with Gasteiger partial charge < -0.3 is 0 Å². The highest BCUT2D eigenvalue weighted by Crippen LogP contribution is 2.33. The molecule has 0 bridgehead atoms. The lowest BCUT2D eigenvalue weighted by molar-refractivity contribution is -0.125. The van der Waals surface area contributed by atoms with Crippen LogP contribution in [-0.4, -0.2) is 5.78 Å². The zero-order valence-corrected chi connectivity index (χ0v) is 8.17. The highest BCUT2D eigenvalue weighted by Gasteiger charge is 2.28. The number of ketones is 1. The number of halogens is 1. The molecule has 1 aromatic carbocycles. The summed E-state index contributed by atoms with van der Waals surface area (Å²) >= 11 is 3.36. The lowest BCUT2D eigenvalue weighted by atomic mass is 9.79. The average Bonchev–Trinajstić information content (AvgIpc) is 2.06. The molecule has 1 saturated carbocycles. The zero-order chi connectivity index (χ0) is 8.55. The Bertz CT molecular complexity index is 302. The van der Waals surface area contributed by atoms with Crippen LogP contribution in [0.2, 0.25) is 0 Å². The predicted molar refractivity (Wildman–Crippen MR) is 51.1 cm³/mol. The SMILES string of the molecule is O=C1CC[C@@H]1c1ccc(Br)cc1. The van der Waals surface area contributed by atoms with Crippen LogP contribution in [0, 0.1) is 0 Å². The predicted octanol–water partition coefficient (Wildman–Crippen LogP) is 2.90. The van der Waals surface area contributed by atoms with Gasteiger partial charge in [-0.3, -0.25) is 4.79 Å². The molecule has 1 fully saturated rings. The molecule has 1 atom stereocenters. The van der Waals surface area contributed by atoms with E-state index in [1.54, 1.807) is 0 Å². The fourth-order valence-corrected chi connectivity index (χ4v) is 1.72. The molecule has 2 heteroatoms. The Labute approximate surface area is 79.9 Å². The molecule has 0 spiro atoms. The molecule has 0 aromatic heterocycles. The maximum Gasteiger partial charge on any atom is 0.140 e. The molecule has 1 aliphatic rings. The number of rotatable bonds is 1. The third-order valence-corrected chi connectivity index (χ3v) is 2.87. The molecule has 62 valence electrons. The molecule has 1 aliphatic carbocycles. The van der Waals surface area contributed by atoms with E-state index >= 15 is 0 Å². The highest BCUT2D eigenvalue weighted by atomic mass is 79.9. The van der Waals surface area contributed by atoms with Crippen LogP contribution < -0.4 is 0 Å². The molecule has 12 heavy (non-hydrogen) atoms. The molecule has 1 nitrogen and oxygen atoms in total. The number of Topliss-reactive ketones (excluding diaryl/α,β-unsaturated/α-hetero) is 1. The molecule has 1 aromatic rings. The average molecular weight is 225 g/mol. The summed E-state index contributed by atoms with van der Waals surface area (Å²) in [7, 11) is 0. The lowest BCUT2D eigenvalue weighted by Gasteiger charge is -2.23. The van der Waals surface area contributed by atoms with Crippen LogP contribution in [0.25, 0.3) is 0 Å². The first-order valence-electron chi connectivity index (χ1n) is 4.05. The highest BCUT2D eigenvalue weighted by molar-refractivity contribution is 9.10. The summed E-state index contributed by atoms with van der Waals surface area (Å²) < 4.78 is 1.07. The van der Waals surface area contributed by atoms with Gasteiger partial charge in [-0.15, -0.1) is 0 Å². The van der Waals surface area contributed by atoms with E-state index in [0.717, 1.165) is 22.9 Å². The first kappa shape index (κ1) is 7.99. The van der Waals surface area contributed by atoms with Crippen molar-refractivity contribution in [3.63, 3.8) is 0 Å². The minimum Gasteiger partial charge on any atom is -0.299 e. The summed E-state index contributed by atoms with van der Waals surface area (Å²) in [5.74, 6) is 0.579. The molecule has 0 aliphatic heterocycles. The van der Waals surface area contributed by atoms with Crippen molar-refractivity contribution < 1.29 is 4.79 Å². The van der Waals surface area contributed by atoms with Crippen molar-refractivity contribution in [1.29, 1.82) is 0 Å². The van der Waals surface area contributed by atoms with Crippen LogP contribution in [-0.2, 0) is 4.79 Å². The van der Waals surface area contributed by atoms with E-state index in [-0.39, 0.29) is 5.92 Å². The summed E-state index contributed by atoms with van der Waals surface area (Å²) in [6, 6.07) is 8.01. The second-order valence-electron chi connectivity index (χ2n) is 3.11. The fourth-order valence-electron chi connectivity index (χ4n) is 1.45. The van der Waals surface area contributed by atoms with Gasteiger partial charge in [-0.05, 0) is 24.1 Å². The van der Waals surface area contributed by atoms with Crippen LogP contribution in [0.15, 0.2) is 28.7 Å². The van der Waals surface area contributed by atoms with E-state index in [0.29, 0.717) is 5.78 Å². The summed E-state index contributed by atoms with van der Waals surface area (Å²) in [6.07, 6.45) is 1.79. The minimum atomic E-state index is 0.193. The summed E-state index contributed by atoms with van der Waals surface area (Å²) in [4.78, 5) is 11.1. The van der Waals surface area contributed by atoms with Gasteiger partial charge >= 0.3 is 0 Å². The van der Waals surface area contributed by atoms with Crippen molar-refractivity contribution in [3.05, 3.63) is 34.3 Å². The van der Waals surface area contributed by atoms with E-state index in [9.17, 15) is 4.79 Å². The second kappa shape index (κ2) is 3.02. The van der Waals surface area contributed by atoms with E-state index < -0.39 is 0 Å². The van der Waals surface area contributed by atoms with Crippen LogP contribution in [0.5, 0.6) is 0 Å². The standard InChI is InChI=1S/C10H9BrO/c11-8-3-1-7(2-4-8)9-5-6-10(9)12/h1-4,9H,5-6H2/t9-/m1/s1. The summed E-state index contributed by atoms with van der Waals surface area (Å²) in [5.41, 5.74) is 1.16. The van der Waals surface area contributed by atoms with Gasteiger partial charge in [0.15, 0.2) is 0 Å². The van der Waals surface area contributed by atoms with Gasteiger partial charge in [0.1, 0.15) is 5.78 Å². The van der Waals surface area contributed by atoms with Crippen molar-refractivity contribution in [2.45, 2.75) is 18.8 Å². The van der Waals surface area contributed by atoms with Crippen LogP contribution in [0.3, 0.4) is 0 Å². The minimum absolute atomic E-state index is 0.193. The van der Waals surface area contributed by atoms with Crippen molar-refractivity contribution in [2.24, 2.45) is 0 Å². The zero-order valence-electron chi connectivity index (χ0n) is 6.59. The molecule has 0 saturated heterocycles. The van der Waals surface area contributed by atoms with Crippen molar-refractivity contribution >= 4 is 21.7 Å². The number of hydrogen-bond acceptors (Lipinski definition) is 1. The molecule has 0 heterocycles. The topological polar surface area (TPSA) is 17.1 Å². The molecule has 0 N–H and O–H groups in total. The van der Waals surface area contributed by atoms with Gasteiger partial charge in [0.25, 0.3) is 0 Å². The van der Waals surface area contributed by atoms with Gasteiger partial charge in [0.2, 0.25) is 0 Å². The second-order valence-corrected chi connectivity index (χ2v) is 4.02. The largest absolute Gasteiger partial charge is 0.299 e. The lowest BCUT2D eigenvalue weighted by Crippen LogP contribution is -2.22. The van der Waals surface area contributed by atoms with Gasteiger partial charge in [-0.2, -0.15) is 0 Å². The maximum absolute atomic E-state index is 11.1. The van der Waals surface area contributed by atoms with Crippen LogP contribution in [0.4, 0.5) is 0 Å². The Morgan fingerprint density at radius 3 is 2.33 bits per heavy atom. The molecule has 0 radical (unpaired) electrons. The van der Waals surface area contributed by atoms with E-state index in [1.807, 2.05) is 24.3 Å². The number of carbonyl (C=O) groups excluding carboxylic acids is 1. The molecular weight excluding hydrogens is 216 g/mol. The summed E-state index contributed by atoms with van der Waals surface area (Å²) in [6.45, 7) is 0. The van der Waals surface area contributed by atoms with Crippen molar-refractivity contribution in [2.75, 3.05) is 0 Å². The quantitative estimate of drug-likeness (QED) is 0.718. The monoisotopic (exact) mass is 224 g/mol. The Kier molecular flexibility index (Phi) is 2.01. The number of benzene rings is 1. The maximum atomic E-state index is 11.1. The van der Waals surface area contributed by atoms with Gasteiger partial charge in [-0.1, -0.05) is 28.1 Å². The van der Waals surface area contributed by atoms with Crippen molar-refractivity contribution in [3.8, 4) is 0 Å². The Balaban J connectivity index is 2.23. The molecular formula is C10H9BrO. The van der Waals surface area contributed by atoms with Crippen LogP contribution in [0.1, 0.15) is 24.3 Å². The van der Waals surface area contributed by atoms with E-state index in [4.69, 9.17) is 0 Å². The van der Waals surface area contributed by atoms with Crippen molar-refractivity contribution in [1.82, 2.24) is 0 Å². The molecule has 0 unspecified atom stereocenters. The third kappa shape index (κ3) is 1.31. The van der Waals surface area contributed by atoms with E-state index in [1.165, 1.54) is 0 Å².